The third-order valence-electron chi connectivity index (χ3n) is 4.38. The van der Waals surface area contributed by atoms with E-state index in [1.165, 1.54) is 6.07 Å². The number of ether oxygens (including phenoxy) is 1. The third-order valence-corrected chi connectivity index (χ3v) is 4.38. The quantitative estimate of drug-likeness (QED) is 0.536. The lowest BCUT2D eigenvalue weighted by Crippen LogP contribution is -2.02. The Morgan fingerprint density at radius 2 is 1.86 bits per heavy atom. The van der Waals surface area contributed by atoms with Gasteiger partial charge in [0.25, 0.3) is 0 Å². The summed E-state index contributed by atoms with van der Waals surface area (Å²) in [4.78, 5) is 13.7. The summed E-state index contributed by atoms with van der Waals surface area (Å²) in [6, 6.07) is 16.0. The summed E-state index contributed by atoms with van der Waals surface area (Å²) in [5, 5.41) is 3.87. The normalized spacial score (nSPS) is 10.8. The van der Waals surface area contributed by atoms with E-state index < -0.39 is 0 Å². The predicted molar refractivity (Wildman–Crippen MR) is 109 cm³/mol. The second kappa shape index (κ2) is 7.60. The first kappa shape index (κ1) is 17.9. The summed E-state index contributed by atoms with van der Waals surface area (Å²) in [5.41, 5.74) is 2.53. The Kier molecular flexibility index (Phi) is 4.85. The van der Waals surface area contributed by atoms with E-state index in [0.717, 1.165) is 5.39 Å². The zero-order valence-electron chi connectivity index (χ0n) is 15.6. The van der Waals surface area contributed by atoms with Crippen molar-refractivity contribution in [3.05, 3.63) is 66.6 Å². The maximum Gasteiger partial charge on any atom is 0.180 e. The van der Waals surface area contributed by atoms with Gasteiger partial charge in [-0.1, -0.05) is 24.3 Å². The second-order valence-corrected chi connectivity index (χ2v) is 6.14. The lowest BCUT2D eigenvalue weighted by atomic mass is 10.0. The van der Waals surface area contributed by atoms with Gasteiger partial charge in [-0.15, -0.1) is 0 Å². The van der Waals surface area contributed by atoms with Crippen LogP contribution in [-0.4, -0.2) is 28.6 Å². The highest BCUT2D eigenvalue weighted by Crippen LogP contribution is 2.36. The van der Waals surface area contributed by atoms with Crippen molar-refractivity contribution in [1.82, 2.24) is 15.0 Å². The van der Waals surface area contributed by atoms with Crippen molar-refractivity contribution >= 4 is 16.7 Å². The number of anilines is 1. The first-order valence-electron chi connectivity index (χ1n) is 9.04. The number of benzene rings is 2. The van der Waals surface area contributed by atoms with E-state index in [9.17, 15) is 4.39 Å². The molecule has 0 amide bonds. The van der Waals surface area contributed by atoms with Gasteiger partial charge in [-0.25, -0.2) is 14.4 Å². The van der Waals surface area contributed by atoms with Gasteiger partial charge < -0.3 is 10.1 Å². The monoisotopic (exact) mass is 374 g/mol. The third kappa shape index (κ3) is 3.24. The molecule has 2 heterocycles. The molecule has 0 aliphatic rings. The van der Waals surface area contributed by atoms with Crippen molar-refractivity contribution in [2.75, 3.05) is 19.0 Å². The van der Waals surface area contributed by atoms with E-state index in [0.29, 0.717) is 46.3 Å². The minimum Gasteiger partial charge on any atom is -0.492 e. The van der Waals surface area contributed by atoms with Crippen LogP contribution >= 0.6 is 0 Å². The molecule has 4 rings (SSSR count). The van der Waals surface area contributed by atoms with E-state index in [-0.39, 0.29) is 5.82 Å². The number of hydrogen-bond acceptors (Lipinski definition) is 5. The lowest BCUT2D eigenvalue weighted by Gasteiger charge is -2.14. The summed E-state index contributed by atoms with van der Waals surface area (Å²) in [5.74, 6) is 1.41. The van der Waals surface area contributed by atoms with E-state index in [1.54, 1.807) is 25.4 Å². The molecule has 0 radical (unpaired) electrons. The van der Waals surface area contributed by atoms with Gasteiger partial charge in [0.1, 0.15) is 28.6 Å². The first-order valence-corrected chi connectivity index (χ1v) is 9.04. The molecular formula is C22H19FN4O. The molecule has 0 spiro atoms. The molecule has 0 saturated carbocycles. The van der Waals surface area contributed by atoms with Crippen molar-refractivity contribution in [1.29, 1.82) is 0 Å². The zero-order chi connectivity index (χ0) is 19.5. The number of nitrogens with zero attached hydrogens (tertiary/aromatic N) is 3. The molecule has 2 aromatic heterocycles. The molecule has 0 fully saturated rings. The van der Waals surface area contributed by atoms with Gasteiger partial charge in [0, 0.05) is 24.2 Å². The van der Waals surface area contributed by atoms with Crippen LogP contribution in [0.15, 0.2) is 60.8 Å². The van der Waals surface area contributed by atoms with E-state index in [1.807, 2.05) is 43.3 Å². The average molecular weight is 374 g/mol. The number of aromatic nitrogens is 3. The summed E-state index contributed by atoms with van der Waals surface area (Å²) >= 11 is 0. The number of nitrogens with one attached hydrogen (secondary N) is 1. The molecule has 2 aromatic carbocycles. The fourth-order valence-electron chi connectivity index (χ4n) is 3.12. The van der Waals surface area contributed by atoms with Crippen LogP contribution in [0.25, 0.3) is 33.5 Å². The SMILES string of the molecule is CCOc1cc(-c2ccccc2F)cc2c(NC)nc(-c3ccccn3)nc12. The van der Waals surface area contributed by atoms with E-state index in [2.05, 4.69) is 15.3 Å². The van der Waals surface area contributed by atoms with Gasteiger partial charge in [-0.2, -0.15) is 0 Å². The van der Waals surface area contributed by atoms with Gasteiger partial charge in [0.2, 0.25) is 0 Å². The van der Waals surface area contributed by atoms with Gasteiger partial charge in [0.15, 0.2) is 5.82 Å². The van der Waals surface area contributed by atoms with Crippen molar-refractivity contribution < 1.29 is 9.13 Å². The van der Waals surface area contributed by atoms with Gasteiger partial charge in [-0.3, -0.25) is 4.98 Å². The number of hydrogen-bond donors (Lipinski definition) is 1. The van der Waals surface area contributed by atoms with Crippen LogP contribution < -0.4 is 10.1 Å². The molecule has 0 atom stereocenters. The highest BCUT2D eigenvalue weighted by atomic mass is 19.1. The molecule has 0 aliphatic carbocycles. The molecule has 4 aromatic rings. The minimum absolute atomic E-state index is 0.290. The molecule has 140 valence electrons. The molecule has 28 heavy (non-hydrogen) atoms. The Balaban J connectivity index is 2.00. The van der Waals surface area contributed by atoms with Crippen LogP contribution in [0.1, 0.15) is 6.92 Å². The first-order chi connectivity index (χ1) is 13.7. The molecule has 5 nitrogen and oxygen atoms in total. The highest BCUT2D eigenvalue weighted by molar-refractivity contribution is 5.97. The van der Waals surface area contributed by atoms with Crippen molar-refractivity contribution in [2.24, 2.45) is 0 Å². The van der Waals surface area contributed by atoms with Crippen molar-refractivity contribution in [3.63, 3.8) is 0 Å². The smallest absolute Gasteiger partial charge is 0.180 e. The molecule has 0 saturated heterocycles. The van der Waals surface area contributed by atoms with Crippen LogP contribution in [-0.2, 0) is 0 Å². The Morgan fingerprint density at radius 1 is 1.04 bits per heavy atom. The molecule has 1 N–H and O–H groups in total. The average Bonchev–Trinajstić information content (AvgIpc) is 2.74. The lowest BCUT2D eigenvalue weighted by molar-refractivity contribution is 0.344. The van der Waals surface area contributed by atoms with Crippen molar-refractivity contribution in [2.45, 2.75) is 6.92 Å². The Hall–Kier alpha value is -3.54. The Morgan fingerprint density at radius 3 is 2.57 bits per heavy atom. The summed E-state index contributed by atoms with van der Waals surface area (Å²) in [6.45, 7) is 2.37. The molecular weight excluding hydrogens is 355 g/mol. The molecule has 0 bridgehead atoms. The van der Waals surface area contributed by atoms with Gasteiger partial charge in [0.05, 0.1) is 6.61 Å². The molecule has 6 heteroatoms. The molecule has 0 aliphatic heterocycles. The topological polar surface area (TPSA) is 59.9 Å². The van der Waals surface area contributed by atoms with Gasteiger partial charge >= 0.3 is 0 Å². The minimum atomic E-state index is -0.290. The maximum absolute atomic E-state index is 14.4. The van der Waals surface area contributed by atoms with Crippen LogP contribution in [0, 0.1) is 5.82 Å². The maximum atomic E-state index is 14.4. The Bertz CT molecular complexity index is 1130. The molecule has 0 unspecified atom stereocenters. The number of pyridine rings is 1. The fraction of sp³-hybridized carbons (Fsp3) is 0.136. The predicted octanol–water partition coefficient (Wildman–Crippen LogP) is 4.94. The number of rotatable bonds is 5. The largest absolute Gasteiger partial charge is 0.492 e. The van der Waals surface area contributed by atoms with Crippen LogP contribution in [0.4, 0.5) is 10.2 Å². The summed E-state index contributed by atoms with van der Waals surface area (Å²) in [6.07, 6.45) is 1.70. The highest BCUT2D eigenvalue weighted by Gasteiger charge is 2.16. The van der Waals surface area contributed by atoms with E-state index >= 15 is 0 Å². The van der Waals surface area contributed by atoms with E-state index in [4.69, 9.17) is 9.72 Å². The van der Waals surface area contributed by atoms with Gasteiger partial charge in [-0.05, 0) is 42.8 Å². The second-order valence-electron chi connectivity index (χ2n) is 6.14. The van der Waals surface area contributed by atoms with Crippen LogP contribution in [0.3, 0.4) is 0 Å². The van der Waals surface area contributed by atoms with Crippen LogP contribution in [0.5, 0.6) is 5.75 Å². The Labute approximate surface area is 162 Å². The fourth-order valence-corrected chi connectivity index (χ4v) is 3.12. The summed E-state index contributed by atoms with van der Waals surface area (Å²) in [7, 11) is 1.79. The number of fused-ring (bicyclic) bond motifs is 1. The standard InChI is InChI=1S/C22H19FN4O/c1-3-28-19-13-14(15-8-4-5-9-17(15)23)12-16-20(19)26-22(27-21(16)24-2)18-10-6-7-11-25-18/h4-13H,3H2,1-2H3,(H,24,26,27). The summed E-state index contributed by atoms with van der Waals surface area (Å²) < 4.78 is 20.2. The zero-order valence-corrected chi connectivity index (χ0v) is 15.6. The van der Waals surface area contributed by atoms with Crippen molar-refractivity contribution in [3.8, 4) is 28.4 Å². The van der Waals surface area contributed by atoms with Crippen LogP contribution in [0.2, 0.25) is 0 Å². The number of halogens is 1.